The van der Waals surface area contributed by atoms with Crippen molar-refractivity contribution < 1.29 is 14.3 Å². The number of hydrazone groups is 1. The lowest BCUT2D eigenvalue weighted by atomic mass is 10.0. The largest absolute Gasteiger partial charge is 0.497 e. The fourth-order valence-corrected chi connectivity index (χ4v) is 4.16. The van der Waals surface area contributed by atoms with Crippen LogP contribution < -0.4 is 4.74 Å². The molecule has 0 saturated carbocycles. The topological polar surface area (TPSA) is 54.4 Å². The number of hydrogen-bond acceptors (Lipinski definition) is 6. The van der Waals surface area contributed by atoms with Gasteiger partial charge >= 0.3 is 0 Å². The number of carbonyl (C=O) groups is 1. The molecule has 4 rings (SSSR count). The highest BCUT2D eigenvalue weighted by molar-refractivity contribution is 7.12. The van der Waals surface area contributed by atoms with Crippen molar-refractivity contribution in [1.82, 2.24) is 9.91 Å². The number of benzene rings is 1. The van der Waals surface area contributed by atoms with Crippen LogP contribution in [-0.2, 0) is 9.53 Å². The predicted molar refractivity (Wildman–Crippen MR) is 105 cm³/mol. The second kappa shape index (κ2) is 8.21. The van der Waals surface area contributed by atoms with Gasteiger partial charge in [0.15, 0.2) is 0 Å². The molecular formula is C20H23N3O3S. The average Bonchev–Trinajstić information content (AvgIpc) is 3.39. The van der Waals surface area contributed by atoms with E-state index < -0.39 is 0 Å². The maximum absolute atomic E-state index is 13.1. The van der Waals surface area contributed by atoms with Crippen molar-refractivity contribution in [2.24, 2.45) is 5.10 Å². The fourth-order valence-electron chi connectivity index (χ4n) is 3.44. The smallest absolute Gasteiger partial charge is 0.257 e. The Kier molecular flexibility index (Phi) is 5.52. The molecule has 27 heavy (non-hydrogen) atoms. The van der Waals surface area contributed by atoms with Gasteiger partial charge in [-0.1, -0.05) is 18.2 Å². The monoisotopic (exact) mass is 385 g/mol. The molecule has 3 heterocycles. The van der Waals surface area contributed by atoms with E-state index in [4.69, 9.17) is 14.6 Å². The van der Waals surface area contributed by atoms with Crippen LogP contribution in [0.15, 0.2) is 46.9 Å². The van der Waals surface area contributed by atoms with Crippen LogP contribution in [-0.4, -0.2) is 61.5 Å². The Hall–Kier alpha value is -2.22. The standard InChI is InChI=1S/C20H23N3O3S/c1-25-16-6-4-15(5-7-16)18-13-17(19-3-2-12-27-19)21-23(18)20(24)14-22-8-10-26-11-9-22/h2-7,12,18H,8-11,13-14H2,1H3/t18-/m0/s1. The SMILES string of the molecule is COc1ccc([C@@H]2CC(c3cccs3)=NN2C(=O)CN2CCOCC2)cc1. The number of nitrogens with zero attached hydrogens (tertiary/aromatic N) is 3. The van der Waals surface area contributed by atoms with E-state index in [0.717, 1.165) is 41.4 Å². The zero-order valence-electron chi connectivity index (χ0n) is 15.3. The summed E-state index contributed by atoms with van der Waals surface area (Å²) in [6.07, 6.45) is 0.724. The summed E-state index contributed by atoms with van der Waals surface area (Å²) in [7, 11) is 1.65. The number of ether oxygens (including phenoxy) is 2. The number of methoxy groups -OCH3 is 1. The van der Waals surface area contributed by atoms with Crippen LogP contribution in [0.5, 0.6) is 5.75 Å². The Morgan fingerprint density at radius 1 is 1.26 bits per heavy atom. The Morgan fingerprint density at radius 3 is 2.70 bits per heavy atom. The van der Waals surface area contributed by atoms with Crippen molar-refractivity contribution in [2.75, 3.05) is 40.0 Å². The lowest BCUT2D eigenvalue weighted by molar-refractivity contribution is -0.135. The van der Waals surface area contributed by atoms with Crippen LogP contribution in [0.25, 0.3) is 0 Å². The van der Waals surface area contributed by atoms with Crippen LogP contribution in [0, 0.1) is 0 Å². The van der Waals surface area contributed by atoms with Gasteiger partial charge in [-0.05, 0) is 29.1 Å². The highest BCUT2D eigenvalue weighted by atomic mass is 32.1. The number of thiophene rings is 1. The molecule has 1 aromatic carbocycles. The predicted octanol–water partition coefficient (Wildman–Crippen LogP) is 2.77. The number of hydrogen-bond donors (Lipinski definition) is 0. The first-order chi connectivity index (χ1) is 13.2. The van der Waals surface area contributed by atoms with Crippen molar-refractivity contribution in [2.45, 2.75) is 12.5 Å². The third-order valence-electron chi connectivity index (χ3n) is 4.93. The van der Waals surface area contributed by atoms with Crippen molar-refractivity contribution in [3.63, 3.8) is 0 Å². The summed E-state index contributed by atoms with van der Waals surface area (Å²) in [6.45, 7) is 3.30. The van der Waals surface area contributed by atoms with Crippen LogP contribution >= 0.6 is 11.3 Å². The summed E-state index contributed by atoms with van der Waals surface area (Å²) in [5, 5.41) is 8.43. The van der Waals surface area contributed by atoms with Crippen molar-refractivity contribution in [1.29, 1.82) is 0 Å². The average molecular weight is 385 g/mol. The third-order valence-corrected chi connectivity index (χ3v) is 5.85. The molecule has 1 fully saturated rings. The van der Waals surface area contributed by atoms with Crippen molar-refractivity contribution >= 4 is 23.0 Å². The molecule has 7 heteroatoms. The van der Waals surface area contributed by atoms with Gasteiger partial charge in [-0.3, -0.25) is 9.69 Å². The summed E-state index contributed by atoms with van der Waals surface area (Å²) in [4.78, 5) is 16.3. The number of morpholine rings is 1. The minimum Gasteiger partial charge on any atom is -0.497 e. The molecule has 2 aromatic rings. The Labute approximate surface area is 163 Å². The van der Waals surface area contributed by atoms with Crippen molar-refractivity contribution in [3.8, 4) is 5.75 Å². The van der Waals surface area contributed by atoms with E-state index in [1.54, 1.807) is 23.5 Å². The van der Waals surface area contributed by atoms with E-state index in [0.29, 0.717) is 19.8 Å². The molecule has 1 atom stereocenters. The fraction of sp³-hybridized carbons (Fsp3) is 0.400. The summed E-state index contributed by atoms with van der Waals surface area (Å²) in [6, 6.07) is 11.9. The molecule has 0 spiro atoms. The van der Waals surface area contributed by atoms with Crippen molar-refractivity contribution in [3.05, 3.63) is 52.2 Å². The quantitative estimate of drug-likeness (QED) is 0.794. The van der Waals surface area contributed by atoms with Crippen LogP contribution in [0.2, 0.25) is 0 Å². The van der Waals surface area contributed by atoms with Gasteiger partial charge in [-0.15, -0.1) is 11.3 Å². The maximum atomic E-state index is 13.1. The van der Waals surface area contributed by atoms with E-state index in [9.17, 15) is 4.79 Å². The van der Waals surface area contributed by atoms with E-state index in [1.807, 2.05) is 35.7 Å². The second-order valence-electron chi connectivity index (χ2n) is 6.64. The zero-order chi connectivity index (χ0) is 18.6. The second-order valence-corrected chi connectivity index (χ2v) is 7.59. The molecule has 1 saturated heterocycles. The Bertz CT molecular complexity index is 798. The number of rotatable bonds is 5. The lowest BCUT2D eigenvalue weighted by Gasteiger charge is -2.29. The van der Waals surface area contributed by atoms with Gasteiger partial charge < -0.3 is 9.47 Å². The Balaban J connectivity index is 1.57. The van der Waals surface area contributed by atoms with Crippen LogP contribution in [0.4, 0.5) is 0 Å². The van der Waals surface area contributed by atoms with Gasteiger partial charge in [0.05, 0.1) is 43.5 Å². The van der Waals surface area contributed by atoms with E-state index >= 15 is 0 Å². The highest BCUT2D eigenvalue weighted by Crippen LogP contribution is 2.34. The van der Waals surface area contributed by atoms with Crippen LogP contribution in [0.3, 0.4) is 0 Å². The first kappa shape index (κ1) is 18.2. The van der Waals surface area contributed by atoms with Gasteiger partial charge in [0.25, 0.3) is 5.91 Å². The molecule has 0 N–H and O–H groups in total. The van der Waals surface area contributed by atoms with E-state index in [2.05, 4.69) is 11.0 Å². The summed E-state index contributed by atoms with van der Waals surface area (Å²) in [5.41, 5.74) is 2.04. The van der Waals surface area contributed by atoms with Gasteiger partial charge in [-0.2, -0.15) is 5.10 Å². The first-order valence-electron chi connectivity index (χ1n) is 9.12. The summed E-state index contributed by atoms with van der Waals surface area (Å²) >= 11 is 1.66. The molecular weight excluding hydrogens is 362 g/mol. The number of carbonyl (C=O) groups excluding carboxylic acids is 1. The zero-order valence-corrected chi connectivity index (χ0v) is 16.2. The Morgan fingerprint density at radius 2 is 2.04 bits per heavy atom. The van der Waals surface area contributed by atoms with Gasteiger partial charge in [0, 0.05) is 19.5 Å². The van der Waals surface area contributed by atoms with E-state index in [1.165, 1.54) is 0 Å². The summed E-state index contributed by atoms with van der Waals surface area (Å²) in [5.74, 6) is 0.839. The highest BCUT2D eigenvalue weighted by Gasteiger charge is 2.34. The van der Waals surface area contributed by atoms with Gasteiger partial charge in [0.2, 0.25) is 0 Å². The molecule has 142 valence electrons. The van der Waals surface area contributed by atoms with Crippen LogP contribution in [0.1, 0.15) is 22.9 Å². The normalized spacial score (nSPS) is 20.6. The lowest BCUT2D eigenvalue weighted by Crippen LogP contribution is -2.43. The maximum Gasteiger partial charge on any atom is 0.257 e. The molecule has 0 bridgehead atoms. The molecule has 2 aliphatic rings. The summed E-state index contributed by atoms with van der Waals surface area (Å²) < 4.78 is 10.6. The van der Waals surface area contributed by atoms with E-state index in [-0.39, 0.29) is 11.9 Å². The molecule has 2 aliphatic heterocycles. The molecule has 1 aromatic heterocycles. The molecule has 0 unspecified atom stereocenters. The molecule has 1 amide bonds. The number of amides is 1. The van der Waals surface area contributed by atoms with Gasteiger partial charge in [0.1, 0.15) is 5.75 Å². The van der Waals surface area contributed by atoms with Gasteiger partial charge in [-0.25, -0.2) is 5.01 Å². The minimum atomic E-state index is -0.0819. The first-order valence-corrected chi connectivity index (χ1v) is 10.00. The molecule has 0 aliphatic carbocycles. The third kappa shape index (κ3) is 4.05. The molecule has 6 nitrogen and oxygen atoms in total. The molecule has 0 radical (unpaired) electrons. The minimum absolute atomic E-state index is 0.0317.